The first-order chi connectivity index (χ1) is 31.2. The highest BCUT2D eigenvalue weighted by molar-refractivity contribution is 6.23. The lowest BCUT2D eigenvalue weighted by molar-refractivity contribution is -0.136. The molecule has 5 fully saturated rings. The van der Waals surface area contributed by atoms with Crippen molar-refractivity contribution in [1.29, 1.82) is 0 Å². The number of aromatic hydroxyl groups is 1. The SMILES string of the molecule is Nc1nnc(-c2ccccc2O)cc1N1CC2CCC(C1)N2c1cccc(OCCN2CCN(CCC3CCN(c4ccc5c(c4)C(=O)N(C4CCC(=O)NC4=O)C5=O)CC3)CC2)c1. The Labute approximate surface area is 372 Å². The second kappa shape index (κ2) is 17.7. The van der Waals surface area contributed by atoms with Gasteiger partial charge in [0.1, 0.15) is 24.1 Å². The highest BCUT2D eigenvalue weighted by Crippen LogP contribution is 2.40. The number of piperazine rings is 2. The van der Waals surface area contributed by atoms with Crippen LogP contribution in [0.25, 0.3) is 11.3 Å². The summed E-state index contributed by atoms with van der Waals surface area (Å²) in [5.41, 5.74) is 11.2. The van der Waals surface area contributed by atoms with Crippen molar-refractivity contribution in [2.24, 2.45) is 5.92 Å². The van der Waals surface area contributed by atoms with Gasteiger partial charge in [-0.05, 0) is 99.5 Å². The fourth-order valence-corrected chi connectivity index (χ4v) is 10.8. The van der Waals surface area contributed by atoms with E-state index in [2.05, 4.69) is 64.3 Å². The number of aromatic nitrogens is 2. The molecular formula is C48H56N10O6. The molecule has 1 aromatic heterocycles. The Morgan fingerprint density at radius 3 is 2.19 bits per heavy atom. The molecule has 10 rings (SSSR count). The smallest absolute Gasteiger partial charge is 0.262 e. The minimum atomic E-state index is -0.959. The third-order valence-corrected chi connectivity index (χ3v) is 14.3. The minimum absolute atomic E-state index is 0.103. The van der Waals surface area contributed by atoms with Gasteiger partial charge in [-0.1, -0.05) is 18.2 Å². The van der Waals surface area contributed by atoms with Crippen LogP contribution < -0.4 is 30.5 Å². The van der Waals surface area contributed by atoms with Crippen molar-refractivity contribution in [2.45, 2.75) is 63.1 Å². The maximum atomic E-state index is 13.4. The Kier molecular flexibility index (Phi) is 11.6. The van der Waals surface area contributed by atoms with E-state index in [-0.39, 0.29) is 24.5 Å². The standard InChI is InChI=1S/C48H56N10O6/c49-45-42(28-40(51-52-45)38-6-1-2-7-43(38)59)56-29-34-8-9-35(30-56)57(34)33-4-3-5-36(26-33)64-25-24-54-22-20-53(21-23-54)17-14-31-15-18-55(19-16-31)32-10-11-37-39(27-32)48(63)58(47(37)62)41-12-13-44(60)50-46(41)61/h1-7,10-11,26-28,31,34-35,41,59H,8-9,12-25,29-30H2,(H2,49,52)(H,50,60,61). The second-order valence-electron chi connectivity index (χ2n) is 18.1. The molecule has 6 aliphatic rings. The third-order valence-electron chi connectivity index (χ3n) is 14.3. The lowest BCUT2D eigenvalue weighted by Crippen LogP contribution is -2.54. The number of nitrogens with one attached hydrogen (secondary N) is 1. The molecule has 3 aromatic carbocycles. The number of imide groups is 2. The Balaban J connectivity index is 0.648. The van der Waals surface area contributed by atoms with Crippen LogP contribution in [0.5, 0.6) is 11.5 Å². The summed E-state index contributed by atoms with van der Waals surface area (Å²) < 4.78 is 6.36. The lowest BCUT2D eigenvalue weighted by atomic mass is 9.92. The minimum Gasteiger partial charge on any atom is -0.507 e. The average molecular weight is 869 g/mol. The van der Waals surface area contributed by atoms with Crippen molar-refractivity contribution in [3.8, 4) is 22.8 Å². The number of carbonyl (C=O) groups is 4. The molecule has 0 aliphatic carbocycles. The molecular weight excluding hydrogens is 813 g/mol. The average Bonchev–Trinajstić information content (AvgIpc) is 3.72. The lowest BCUT2D eigenvalue weighted by Gasteiger charge is -2.43. The normalized spacial score (nSPS) is 23.2. The number of ether oxygens (including phenoxy) is 1. The molecule has 4 N–H and O–H groups in total. The molecule has 0 saturated carbocycles. The van der Waals surface area contributed by atoms with Gasteiger partial charge in [0.2, 0.25) is 11.8 Å². The zero-order valence-corrected chi connectivity index (χ0v) is 36.1. The van der Waals surface area contributed by atoms with E-state index < -0.39 is 23.8 Å². The quantitative estimate of drug-likeness (QED) is 0.174. The number of hydrogen-bond donors (Lipinski definition) is 3. The van der Waals surface area contributed by atoms with E-state index in [1.807, 2.05) is 24.3 Å². The van der Waals surface area contributed by atoms with Crippen LogP contribution in [0.2, 0.25) is 0 Å². The number of benzene rings is 3. The molecule has 3 unspecified atom stereocenters. The maximum Gasteiger partial charge on any atom is 0.262 e. The number of nitrogen functional groups attached to an aromatic ring is 1. The Morgan fingerprint density at radius 2 is 1.44 bits per heavy atom. The van der Waals surface area contributed by atoms with E-state index in [9.17, 15) is 24.3 Å². The molecule has 16 heteroatoms. The molecule has 3 atom stereocenters. The number of nitrogens with two attached hydrogens (primary N) is 1. The van der Waals surface area contributed by atoms with E-state index in [0.717, 1.165) is 120 Å². The van der Waals surface area contributed by atoms with Gasteiger partial charge in [0.05, 0.1) is 22.5 Å². The van der Waals surface area contributed by atoms with Crippen molar-refractivity contribution in [3.05, 3.63) is 83.9 Å². The highest BCUT2D eigenvalue weighted by Gasteiger charge is 2.45. The van der Waals surface area contributed by atoms with Gasteiger partial charge in [0.15, 0.2) is 5.82 Å². The number of phenolic OH excluding ortho intramolecular Hbond substituents is 1. The fourth-order valence-electron chi connectivity index (χ4n) is 10.8. The van der Waals surface area contributed by atoms with Crippen LogP contribution in [0, 0.1) is 5.92 Å². The molecule has 5 saturated heterocycles. The summed E-state index contributed by atoms with van der Waals surface area (Å²) in [6.45, 7) is 10.2. The van der Waals surface area contributed by atoms with E-state index in [0.29, 0.717) is 52.8 Å². The van der Waals surface area contributed by atoms with Crippen molar-refractivity contribution in [3.63, 3.8) is 0 Å². The van der Waals surface area contributed by atoms with Crippen LogP contribution >= 0.6 is 0 Å². The summed E-state index contributed by atoms with van der Waals surface area (Å²) >= 11 is 0. The number of anilines is 4. The molecule has 7 heterocycles. The Bertz CT molecular complexity index is 2420. The number of fused-ring (bicyclic) bond motifs is 3. The van der Waals surface area contributed by atoms with Gasteiger partial charge in [-0.15, -0.1) is 10.2 Å². The number of piperidine rings is 2. The molecule has 6 aliphatic heterocycles. The molecule has 0 spiro atoms. The van der Waals surface area contributed by atoms with Crippen LogP contribution in [0.15, 0.2) is 72.8 Å². The monoisotopic (exact) mass is 868 g/mol. The van der Waals surface area contributed by atoms with Crippen LogP contribution in [0.1, 0.15) is 65.7 Å². The predicted octanol–water partition coefficient (Wildman–Crippen LogP) is 3.99. The first kappa shape index (κ1) is 41.7. The first-order valence-electron chi connectivity index (χ1n) is 22.9. The van der Waals surface area contributed by atoms with Gasteiger partial charge in [0.25, 0.3) is 11.8 Å². The van der Waals surface area contributed by atoms with Crippen molar-refractivity contribution in [1.82, 2.24) is 30.2 Å². The molecule has 0 radical (unpaired) electrons. The van der Waals surface area contributed by atoms with Gasteiger partial charge in [-0.25, -0.2) is 0 Å². The molecule has 2 bridgehead atoms. The summed E-state index contributed by atoms with van der Waals surface area (Å²) in [4.78, 5) is 63.9. The predicted molar refractivity (Wildman–Crippen MR) is 243 cm³/mol. The van der Waals surface area contributed by atoms with E-state index >= 15 is 0 Å². The Hall–Kier alpha value is -6.26. The van der Waals surface area contributed by atoms with Gasteiger partial charge >= 0.3 is 0 Å². The van der Waals surface area contributed by atoms with Crippen molar-refractivity contribution < 1.29 is 29.0 Å². The zero-order chi connectivity index (χ0) is 43.9. The third kappa shape index (κ3) is 8.31. The maximum absolute atomic E-state index is 13.4. The zero-order valence-electron chi connectivity index (χ0n) is 36.1. The van der Waals surface area contributed by atoms with Crippen LogP contribution in [0.3, 0.4) is 0 Å². The Morgan fingerprint density at radius 1 is 0.703 bits per heavy atom. The summed E-state index contributed by atoms with van der Waals surface area (Å²) in [6.07, 6.45) is 5.76. The summed E-state index contributed by atoms with van der Waals surface area (Å²) in [6, 6.07) is 22.8. The number of nitrogens with zero attached hydrogens (tertiary/aromatic N) is 8. The molecule has 64 heavy (non-hydrogen) atoms. The molecule has 16 nitrogen and oxygen atoms in total. The van der Waals surface area contributed by atoms with Crippen LogP contribution in [0.4, 0.5) is 22.9 Å². The number of para-hydroxylation sites is 1. The van der Waals surface area contributed by atoms with E-state index in [1.165, 1.54) is 5.69 Å². The van der Waals surface area contributed by atoms with Crippen molar-refractivity contribution in [2.75, 3.05) is 92.5 Å². The second-order valence-corrected chi connectivity index (χ2v) is 18.1. The largest absolute Gasteiger partial charge is 0.507 e. The van der Waals surface area contributed by atoms with E-state index in [1.54, 1.807) is 24.3 Å². The van der Waals surface area contributed by atoms with Crippen molar-refractivity contribution >= 4 is 46.5 Å². The highest BCUT2D eigenvalue weighted by atomic mass is 16.5. The number of rotatable bonds is 12. The first-order valence-corrected chi connectivity index (χ1v) is 22.9. The number of carbonyl (C=O) groups excluding carboxylic acids is 4. The molecule has 4 amide bonds. The number of amides is 4. The summed E-state index contributed by atoms with van der Waals surface area (Å²) in [7, 11) is 0. The number of hydrogen-bond acceptors (Lipinski definition) is 14. The van der Waals surface area contributed by atoms with Gasteiger partial charge in [0, 0.05) is 100 Å². The van der Waals surface area contributed by atoms with Gasteiger partial charge in [-0.3, -0.25) is 34.3 Å². The van der Waals surface area contributed by atoms with Crippen LogP contribution in [-0.2, 0) is 9.59 Å². The topological polar surface area (TPSA) is 181 Å². The summed E-state index contributed by atoms with van der Waals surface area (Å²) in [5, 5.41) is 21.2. The van der Waals surface area contributed by atoms with Gasteiger partial charge < -0.3 is 35.2 Å². The van der Waals surface area contributed by atoms with Crippen LogP contribution in [-0.4, -0.2) is 144 Å². The molecule has 4 aromatic rings. The van der Waals surface area contributed by atoms with E-state index in [4.69, 9.17) is 10.5 Å². The molecule has 334 valence electrons. The fraction of sp³-hybridized carbons (Fsp3) is 0.458. The van der Waals surface area contributed by atoms with Gasteiger partial charge in [-0.2, -0.15) is 0 Å². The number of phenols is 1. The summed E-state index contributed by atoms with van der Waals surface area (Å²) in [5.74, 6) is 0.192.